The fourth-order valence-corrected chi connectivity index (χ4v) is 3.35. The lowest BCUT2D eigenvalue weighted by Crippen LogP contribution is -2.33. The summed E-state index contributed by atoms with van der Waals surface area (Å²) in [7, 11) is 0. The molecule has 0 spiro atoms. The molecule has 120 valence electrons. The third kappa shape index (κ3) is 4.48. The number of fused-ring (bicyclic) bond motifs is 1. The number of carbonyl (C=O) groups excluding carboxylic acids is 1. The summed E-state index contributed by atoms with van der Waals surface area (Å²) in [4.78, 5) is 16.6. The summed E-state index contributed by atoms with van der Waals surface area (Å²) in [6, 6.07) is 13.8. The minimum Gasteiger partial charge on any atom is -0.493 e. The van der Waals surface area contributed by atoms with Crippen LogP contribution in [0.5, 0.6) is 5.75 Å². The lowest BCUT2D eigenvalue weighted by atomic mass is 9.96. The van der Waals surface area contributed by atoms with E-state index in [0.29, 0.717) is 13.2 Å². The number of nitrogens with one attached hydrogen (secondary N) is 1. The Kier molecular flexibility index (Phi) is 5.53. The molecule has 2 heterocycles. The van der Waals surface area contributed by atoms with Gasteiger partial charge in [-0.3, -0.25) is 4.79 Å². The van der Waals surface area contributed by atoms with E-state index in [1.54, 1.807) is 18.0 Å². The molecule has 23 heavy (non-hydrogen) atoms. The van der Waals surface area contributed by atoms with E-state index in [4.69, 9.17) is 4.74 Å². The van der Waals surface area contributed by atoms with Crippen molar-refractivity contribution in [2.45, 2.75) is 17.9 Å². The first-order valence-corrected chi connectivity index (χ1v) is 8.84. The van der Waals surface area contributed by atoms with E-state index in [1.165, 1.54) is 0 Å². The summed E-state index contributed by atoms with van der Waals surface area (Å²) in [5.74, 6) is 1.83. The van der Waals surface area contributed by atoms with Gasteiger partial charge in [0, 0.05) is 24.4 Å². The molecule has 3 rings (SSSR count). The van der Waals surface area contributed by atoms with E-state index in [-0.39, 0.29) is 11.8 Å². The van der Waals surface area contributed by atoms with E-state index in [1.807, 2.05) is 42.5 Å². The molecule has 1 N–H and O–H groups in total. The Hall–Kier alpha value is -2.01. The number of thioether (sulfide) groups is 1. The molecule has 0 fully saturated rings. The van der Waals surface area contributed by atoms with Gasteiger partial charge in [0.05, 0.1) is 11.6 Å². The molecule has 5 heteroatoms. The highest BCUT2D eigenvalue weighted by Gasteiger charge is 2.23. The van der Waals surface area contributed by atoms with Crippen LogP contribution >= 0.6 is 11.8 Å². The molecule has 1 aromatic carbocycles. The van der Waals surface area contributed by atoms with E-state index >= 15 is 0 Å². The number of amides is 1. The van der Waals surface area contributed by atoms with Gasteiger partial charge in [0.2, 0.25) is 5.91 Å². The fourth-order valence-electron chi connectivity index (χ4n) is 2.62. The highest BCUT2D eigenvalue weighted by atomic mass is 32.2. The van der Waals surface area contributed by atoms with Crippen LogP contribution in [0.25, 0.3) is 0 Å². The molecule has 0 saturated carbocycles. The van der Waals surface area contributed by atoms with Gasteiger partial charge in [-0.05, 0) is 36.6 Å². The molecule has 1 amide bonds. The zero-order valence-corrected chi connectivity index (χ0v) is 13.7. The Morgan fingerprint density at radius 3 is 3.00 bits per heavy atom. The summed E-state index contributed by atoms with van der Waals surface area (Å²) in [6.07, 6.45) is 3.28. The molecule has 2 aromatic rings. The van der Waals surface area contributed by atoms with Crippen LogP contribution in [-0.4, -0.2) is 29.8 Å². The minimum absolute atomic E-state index is 0.0153. The maximum Gasteiger partial charge on any atom is 0.223 e. The average Bonchev–Trinajstić information content (AvgIpc) is 2.82. The van der Waals surface area contributed by atoms with Crippen LogP contribution in [0.15, 0.2) is 53.7 Å². The third-order valence-electron chi connectivity index (χ3n) is 3.82. The van der Waals surface area contributed by atoms with Crippen LogP contribution in [0.3, 0.4) is 0 Å². The Morgan fingerprint density at radius 2 is 2.13 bits per heavy atom. The zero-order valence-electron chi connectivity index (χ0n) is 12.9. The first kappa shape index (κ1) is 15.9. The van der Waals surface area contributed by atoms with Crippen molar-refractivity contribution in [2.75, 3.05) is 18.9 Å². The third-order valence-corrected chi connectivity index (χ3v) is 4.77. The number of pyridine rings is 1. The zero-order chi connectivity index (χ0) is 15.9. The quantitative estimate of drug-likeness (QED) is 0.677. The van der Waals surface area contributed by atoms with Gasteiger partial charge in [-0.15, -0.1) is 11.8 Å². The molecule has 1 aliphatic rings. The summed E-state index contributed by atoms with van der Waals surface area (Å²) in [5, 5.41) is 4.02. The molecule has 1 aliphatic heterocycles. The van der Waals surface area contributed by atoms with Crippen LogP contribution < -0.4 is 10.1 Å². The Balaban J connectivity index is 1.47. The van der Waals surface area contributed by atoms with Gasteiger partial charge in [-0.25, -0.2) is 4.98 Å². The van der Waals surface area contributed by atoms with Crippen molar-refractivity contribution in [1.29, 1.82) is 0 Å². The van der Waals surface area contributed by atoms with Crippen molar-refractivity contribution in [2.24, 2.45) is 5.92 Å². The van der Waals surface area contributed by atoms with Crippen LogP contribution in [0, 0.1) is 5.92 Å². The molecular formula is C18H20N2O2S. The summed E-state index contributed by atoms with van der Waals surface area (Å²) in [5.41, 5.74) is 1.12. The average molecular weight is 328 g/mol. The molecule has 1 atom stereocenters. The van der Waals surface area contributed by atoms with Crippen molar-refractivity contribution in [3.8, 4) is 5.75 Å². The highest BCUT2D eigenvalue weighted by molar-refractivity contribution is 7.99. The van der Waals surface area contributed by atoms with Crippen molar-refractivity contribution in [1.82, 2.24) is 10.3 Å². The van der Waals surface area contributed by atoms with Crippen LogP contribution in [0.4, 0.5) is 0 Å². The minimum atomic E-state index is -0.0153. The van der Waals surface area contributed by atoms with Gasteiger partial charge in [0.1, 0.15) is 5.75 Å². The highest BCUT2D eigenvalue weighted by Crippen LogP contribution is 2.26. The van der Waals surface area contributed by atoms with E-state index in [2.05, 4.69) is 10.3 Å². The first-order valence-electron chi connectivity index (χ1n) is 7.85. The standard InChI is InChI=1S/C18H20N2O2S/c21-18(20-10-12-23-17-7-3-4-9-19-17)15-8-11-22-16-6-2-1-5-14(16)13-15/h1-7,9,15H,8,10-13H2,(H,20,21)/t15-/m1/s1. The van der Waals surface area contributed by atoms with E-state index in [9.17, 15) is 4.79 Å². The number of ether oxygens (including phenoxy) is 1. The number of para-hydroxylation sites is 1. The Morgan fingerprint density at radius 1 is 1.26 bits per heavy atom. The Labute approximate surface area is 140 Å². The fraction of sp³-hybridized carbons (Fsp3) is 0.333. The number of carbonyl (C=O) groups is 1. The van der Waals surface area contributed by atoms with Gasteiger partial charge in [-0.1, -0.05) is 24.3 Å². The van der Waals surface area contributed by atoms with E-state index < -0.39 is 0 Å². The Bertz CT molecular complexity index is 648. The lowest BCUT2D eigenvalue weighted by molar-refractivity contribution is -0.125. The molecule has 0 bridgehead atoms. The molecule has 0 radical (unpaired) electrons. The molecular weight excluding hydrogens is 308 g/mol. The van der Waals surface area contributed by atoms with Gasteiger partial charge >= 0.3 is 0 Å². The van der Waals surface area contributed by atoms with Crippen LogP contribution in [0.2, 0.25) is 0 Å². The van der Waals surface area contributed by atoms with E-state index in [0.717, 1.165) is 34.9 Å². The molecule has 1 aromatic heterocycles. The number of rotatable bonds is 5. The van der Waals surface area contributed by atoms with Gasteiger partial charge in [0.25, 0.3) is 0 Å². The monoisotopic (exact) mass is 328 g/mol. The number of aromatic nitrogens is 1. The maximum absolute atomic E-state index is 12.4. The van der Waals surface area contributed by atoms with Gasteiger partial charge in [-0.2, -0.15) is 0 Å². The van der Waals surface area contributed by atoms with Crippen molar-refractivity contribution >= 4 is 17.7 Å². The number of nitrogens with zero attached hydrogens (tertiary/aromatic N) is 1. The summed E-state index contributed by atoms with van der Waals surface area (Å²) >= 11 is 1.65. The van der Waals surface area contributed by atoms with Crippen molar-refractivity contribution in [3.63, 3.8) is 0 Å². The second-order valence-electron chi connectivity index (χ2n) is 5.45. The summed E-state index contributed by atoms with van der Waals surface area (Å²) in [6.45, 7) is 1.25. The molecule has 0 saturated heterocycles. The predicted octanol–water partition coefficient (Wildman–Crippen LogP) is 2.93. The number of benzene rings is 1. The number of hydrogen-bond donors (Lipinski definition) is 1. The second kappa shape index (κ2) is 8.02. The van der Waals surface area contributed by atoms with Gasteiger partial charge in [0.15, 0.2) is 0 Å². The largest absolute Gasteiger partial charge is 0.493 e. The molecule has 4 nitrogen and oxygen atoms in total. The first-order chi connectivity index (χ1) is 11.3. The number of hydrogen-bond acceptors (Lipinski definition) is 4. The molecule has 0 unspecified atom stereocenters. The normalized spacial score (nSPS) is 16.8. The van der Waals surface area contributed by atoms with Gasteiger partial charge < -0.3 is 10.1 Å². The smallest absolute Gasteiger partial charge is 0.223 e. The van der Waals surface area contributed by atoms with Crippen molar-refractivity contribution < 1.29 is 9.53 Å². The topological polar surface area (TPSA) is 51.2 Å². The maximum atomic E-state index is 12.4. The predicted molar refractivity (Wildman–Crippen MR) is 91.7 cm³/mol. The van der Waals surface area contributed by atoms with Crippen LogP contribution in [-0.2, 0) is 11.2 Å². The SMILES string of the molecule is O=C(NCCSc1ccccn1)[C@@H]1CCOc2ccccc2C1. The summed E-state index contributed by atoms with van der Waals surface area (Å²) < 4.78 is 5.72. The van der Waals surface area contributed by atoms with Crippen LogP contribution in [0.1, 0.15) is 12.0 Å². The molecule has 0 aliphatic carbocycles. The van der Waals surface area contributed by atoms with Crippen molar-refractivity contribution in [3.05, 3.63) is 54.2 Å². The second-order valence-corrected chi connectivity index (χ2v) is 6.57. The lowest BCUT2D eigenvalue weighted by Gasteiger charge is -2.13.